The number of ether oxygens (including phenoxy) is 2. The van der Waals surface area contributed by atoms with Crippen LogP contribution in [0, 0.1) is 0 Å². The lowest BCUT2D eigenvalue weighted by Crippen LogP contribution is -2.45. The first-order chi connectivity index (χ1) is 15.0. The van der Waals surface area contributed by atoms with Crippen molar-refractivity contribution in [2.75, 3.05) is 58.8 Å². The second-order valence-electron chi connectivity index (χ2n) is 7.66. The van der Waals surface area contributed by atoms with Gasteiger partial charge in [-0.2, -0.15) is 0 Å². The summed E-state index contributed by atoms with van der Waals surface area (Å²) in [6.45, 7) is 5.71. The van der Waals surface area contributed by atoms with Crippen LogP contribution in [0.25, 0.3) is 10.9 Å². The molecule has 1 fully saturated rings. The van der Waals surface area contributed by atoms with Crippen molar-refractivity contribution in [1.29, 1.82) is 0 Å². The third-order valence-electron chi connectivity index (χ3n) is 5.56. The van der Waals surface area contributed by atoms with Crippen LogP contribution in [0.5, 0.6) is 11.5 Å². The monoisotopic (exact) mass is 486 g/mol. The number of nitrogens with zero attached hydrogens (tertiary/aromatic N) is 2. The van der Waals surface area contributed by atoms with Gasteiger partial charge in [0.25, 0.3) is 5.91 Å². The van der Waals surface area contributed by atoms with E-state index in [1.54, 1.807) is 13.2 Å². The third kappa shape index (κ3) is 5.03. The number of halogens is 1. The van der Waals surface area contributed by atoms with Crippen molar-refractivity contribution in [2.24, 2.45) is 0 Å². The molecule has 8 heteroatoms. The standard InChI is InChI=1S/C23H27BrN4O3/c1-27-9-11-28(12-10-27)13-14-31-21-6-4-3-5-18(21)26-23(29)19-15-16-20(30-2)8-7-17(24)22(16)25-19/h3-8,15,25H,9-14H2,1-2H3,(H,26,29). The van der Waals surface area contributed by atoms with E-state index in [4.69, 9.17) is 9.47 Å². The Hall–Kier alpha value is -2.55. The van der Waals surface area contributed by atoms with Crippen LogP contribution in [0.15, 0.2) is 46.9 Å². The Morgan fingerprint density at radius 1 is 1.13 bits per heavy atom. The minimum Gasteiger partial charge on any atom is -0.496 e. The summed E-state index contributed by atoms with van der Waals surface area (Å²) in [6.07, 6.45) is 0. The van der Waals surface area contributed by atoms with Crippen molar-refractivity contribution in [1.82, 2.24) is 14.8 Å². The number of amides is 1. The summed E-state index contributed by atoms with van der Waals surface area (Å²) < 4.78 is 12.3. The number of benzene rings is 2. The van der Waals surface area contributed by atoms with E-state index in [1.807, 2.05) is 36.4 Å². The van der Waals surface area contributed by atoms with Gasteiger partial charge in [-0.15, -0.1) is 0 Å². The Balaban J connectivity index is 1.43. The first-order valence-corrected chi connectivity index (χ1v) is 11.1. The van der Waals surface area contributed by atoms with Crippen LogP contribution in [0.1, 0.15) is 10.5 Å². The van der Waals surface area contributed by atoms with E-state index < -0.39 is 0 Å². The molecule has 0 aliphatic carbocycles. The Morgan fingerprint density at radius 3 is 2.68 bits per heavy atom. The molecule has 2 aromatic carbocycles. The third-order valence-corrected chi connectivity index (χ3v) is 6.22. The summed E-state index contributed by atoms with van der Waals surface area (Å²) in [5.41, 5.74) is 1.92. The molecule has 2 N–H and O–H groups in total. The maximum atomic E-state index is 12.9. The van der Waals surface area contributed by atoms with Crippen molar-refractivity contribution >= 4 is 38.4 Å². The lowest BCUT2D eigenvalue weighted by Gasteiger charge is -2.32. The van der Waals surface area contributed by atoms with Gasteiger partial charge in [-0.05, 0) is 53.3 Å². The number of anilines is 1. The first kappa shape index (κ1) is 21.7. The summed E-state index contributed by atoms with van der Waals surface area (Å²) in [5, 5.41) is 3.81. The fraction of sp³-hybridized carbons (Fsp3) is 0.348. The molecular weight excluding hydrogens is 460 g/mol. The highest BCUT2D eigenvalue weighted by atomic mass is 79.9. The zero-order chi connectivity index (χ0) is 21.8. The molecule has 0 saturated carbocycles. The number of likely N-dealkylation sites (N-methyl/N-ethyl adjacent to an activating group) is 1. The molecule has 2 heterocycles. The number of hydrogen-bond acceptors (Lipinski definition) is 5. The molecule has 3 aromatic rings. The quantitative estimate of drug-likeness (QED) is 0.531. The topological polar surface area (TPSA) is 69.8 Å². The van der Waals surface area contributed by atoms with Crippen molar-refractivity contribution < 1.29 is 14.3 Å². The zero-order valence-electron chi connectivity index (χ0n) is 17.8. The number of fused-ring (bicyclic) bond motifs is 1. The molecule has 1 aliphatic rings. The van der Waals surface area contributed by atoms with E-state index in [0.717, 1.165) is 48.1 Å². The van der Waals surface area contributed by atoms with Gasteiger partial charge in [0.1, 0.15) is 23.8 Å². The van der Waals surface area contributed by atoms with E-state index in [0.29, 0.717) is 29.5 Å². The maximum Gasteiger partial charge on any atom is 0.272 e. The molecule has 1 amide bonds. The fourth-order valence-electron chi connectivity index (χ4n) is 3.70. The lowest BCUT2D eigenvalue weighted by atomic mass is 10.2. The second-order valence-corrected chi connectivity index (χ2v) is 8.52. The van der Waals surface area contributed by atoms with E-state index in [1.165, 1.54) is 0 Å². The molecule has 1 saturated heterocycles. The van der Waals surface area contributed by atoms with Gasteiger partial charge in [0, 0.05) is 42.6 Å². The predicted molar refractivity (Wildman–Crippen MR) is 126 cm³/mol. The molecular formula is C23H27BrN4O3. The van der Waals surface area contributed by atoms with Gasteiger partial charge in [-0.3, -0.25) is 9.69 Å². The van der Waals surface area contributed by atoms with E-state index >= 15 is 0 Å². The number of hydrogen-bond donors (Lipinski definition) is 2. The van der Waals surface area contributed by atoms with Crippen LogP contribution >= 0.6 is 15.9 Å². The smallest absolute Gasteiger partial charge is 0.272 e. The molecule has 0 radical (unpaired) electrons. The van der Waals surface area contributed by atoms with Crippen LogP contribution in [0.2, 0.25) is 0 Å². The highest BCUT2D eigenvalue weighted by molar-refractivity contribution is 9.10. The summed E-state index contributed by atoms with van der Waals surface area (Å²) in [4.78, 5) is 20.8. The number of carbonyl (C=O) groups excluding carboxylic acids is 1. The number of rotatable bonds is 7. The molecule has 1 aliphatic heterocycles. The van der Waals surface area contributed by atoms with Crippen molar-refractivity contribution in [2.45, 2.75) is 0 Å². The van der Waals surface area contributed by atoms with Gasteiger partial charge >= 0.3 is 0 Å². The largest absolute Gasteiger partial charge is 0.496 e. The minimum absolute atomic E-state index is 0.236. The molecule has 7 nitrogen and oxygen atoms in total. The average Bonchev–Trinajstić information content (AvgIpc) is 3.23. The molecule has 164 valence electrons. The summed E-state index contributed by atoms with van der Waals surface area (Å²) >= 11 is 3.52. The summed E-state index contributed by atoms with van der Waals surface area (Å²) in [5.74, 6) is 1.14. The van der Waals surface area contributed by atoms with Crippen LogP contribution in [-0.2, 0) is 0 Å². The number of piperazine rings is 1. The molecule has 0 bridgehead atoms. The Morgan fingerprint density at radius 2 is 1.90 bits per heavy atom. The molecule has 0 unspecified atom stereocenters. The molecule has 0 atom stereocenters. The van der Waals surface area contributed by atoms with Gasteiger partial charge in [-0.1, -0.05) is 12.1 Å². The van der Waals surface area contributed by atoms with Gasteiger partial charge in [0.05, 0.1) is 18.3 Å². The molecule has 4 rings (SSSR count). The average molecular weight is 487 g/mol. The Bertz CT molecular complexity index is 1060. The number of aromatic nitrogens is 1. The maximum absolute atomic E-state index is 12.9. The second kappa shape index (κ2) is 9.72. The predicted octanol–water partition coefficient (Wildman–Crippen LogP) is 3.82. The fourth-order valence-corrected chi connectivity index (χ4v) is 4.15. The molecule has 0 spiro atoms. The number of carbonyl (C=O) groups is 1. The van der Waals surface area contributed by atoms with Crippen LogP contribution in [0.3, 0.4) is 0 Å². The van der Waals surface area contributed by atoms with E-state index in [9.17, 15) is 4.79 Å². The summed E-state index contributed by atoms with van der Waals surface area (Å²) in [7, 11) is 3.76. The number of H-pyrrole nitrogens is 1. The van der Waals surface area contributed by atoms with Gasteiger partial charge in [-0.25, -0.2) is 0 Å². The number of para-hydroxylation sites is 2. The number of nitrogens with one attached hydrogen (secondary N) is 2. The Labute approximate surface area is 190 Å². The van der Waals surface area contributed by atoms with Gasteiger partial charge in [0.15, 0.2) is 0 Å². The van der Waals surface area contributed by atoms with Crippen LogP contribution in [-0.4, -0.2) is 74.2 Å². The van der Waals surface area contributed by atoms with Crippen LogP contribution in [0.4, 0.5) is 5.69 Å². The Kier molecular flexibility index (Phi) is 6.80. The van der Waals surface area contributed by atoms with E-state index in [-0.39, 0.29) is 5.91 Å². The zero-order valence-corrected chi connectivity index (χ0v) is 19.4. The SMILES string of the molecule is COc1ccc(Br)c2[nH]c(C(=O)Nc3ccccc3OCCN3CCN(C)CC3)cc12. The number of methoxy groups -OCH3 is 1. The molecule has 31 heavy (non-hydrogen) atoms. The molecule has 1 aromatic heterocycles. The van der Waals surface area contributed by atoms with E-state index in [2.05, 4.69) is 43.1 Å². The minimum atomic E-state index is -0.236. The lowest BCUT2D eigenvalue weighted by molar-refractivity contribution is 0.102. The summed E-state index contributed by atoms with van der Waals surface area (Å²) in [6, 6.07) is 13.1. The van der Waals surface area contributed by atoms with Gasteiger partial charge in [0.2, 0.25) is 0 Å². The first-order valence-electron chi connectivity index (χ1n) is 10.3. The number of aromatic amines is 1. The highest BCUT2D eigenvalue weighted by Gasteiger charge is 2.17. The van der Waals surface area contributed by atoms with Crippen LogP contribution < -0.4 is 14.8 Å². The normalized spacial score (nSPS) is 15.2. The highest BCUT2D eigenvalue weighted by Crippen LogP contribution is 2.32. The van der Waals surface area contributed by atoms with Gasteiger partial charge < -0.3 is 24.7 Å². The van der Waals surface area contributed by atoms with Crippen molar-refractivity contribution in [3.8, 4) is 11.5 Å². The van der Waals surface area contributed by atoms with Crippen molar-refractivity contribution in [3.63, 3.8) is 0 Å². The van der Waals surface area contributed by atoms with Crippen molar-refractivity contribution in [3.05, 3.63) is 52.6 Å².